The number of carbonyl (C=O) groups excluding carboxylic acids is 1. The number of ether oxygens (including phenoxy) is 2. The normalized spacial score (nSPS) is 17.2. The molecule has 0 saturated carbocycles. The van der Waals surface area contributed by atoms with E-state index in [9.17, 15) is 4.79 Å². The molecule has 2 rings (SSSR count). The maximum atomic E-state index is 11.8. The molecule has 19 heavy (non-hydrogen) atoms. The van der Waals surface area contributed by atoms with Crippen molar-refractivity contribution in [3.8, 4) is 11.5 Å². The van der Waals surface area contributed by atoms with Crippen molar-refractivity contribution in [2.75, 3.05) is 14.2 Å². The molecule has 0 spiro atoms. The predicted molar refractivity (Wildman–Crippen MR) is 78.7 cm³/mol. The Hall–Kier alpha value is -1.57. The highest BCUT2D eigenvalue weighted by atomic mass is 32.2. The summed E-state index contributed by atoms with van der Waals surface area (Å²) in [5.74, 6) is 6.43. The minimum absolute atomic E-state index is 0.301. The molecule has 1 saturated heterocycles. The van der Waals surface area contributed by atoms with Crippen molar-refractivity contribution >= 4 is 40.3 Å². The summed E-state index contributed by atoms with van der Waals surface area (Å²) in [5, 5.41) is 0.965. The number of thiocarbonyl (C=S) groups is 1. The number of thioether (sulfide) groups is 1. The summed E-state index contributed by atoms with van der Waals surface area (Å²) in [6, 6.07) is 5.38. The molecule has 0 atom stereocenters. The number of rotatable bonds is 3. The molecule has 1 fully saturated rings. The van der Waals surface area contributed by atoms with Crippen LogP contribution in [0, 0.1) is 0 Å². The van der Waals surface area contributed by atoms with Gasteiger partial charge in [0, 0.05) is 0 Å². The van der Waals surface area contributed by atoms with E-state index < -0.39 is 0 Å². The average molecular weight is 296 g/mol. The van der Waals surface area contributed by atoms with E-state index >= 15 is 0 Å². The fourth-order valence-corrected chi connectivity index (χ4v) is 2.68. The highest BCUT2D eigenvalue weighted by Crippen LogP contribution is 2.33. The van der Waals surface area contributed by atoms with Crippen LogP contribution in [0.3, 0.4) is 0 Å². The summed E-state index contributed by atoms with van der Waals surface area (Å²) in [5.41, 5.74) is 0.812. The van der Waals surface area contributed by atoms with Crippen molar-refractivity contribution in [2.24, 2.45) is 5.84 Å². The number of amides is 1. The van der Waals surface area contributed by atoms with E-state index in [0.29, 0.717) is 20.7 Å². The number of nitrogens with zero attached hydrogens (tertiary/aromatic N) is 1. The van der Waals surface area contributed by atoms with Gasteiger partial charge >= 0.3 is 0 Å². The zero-order chi connectivity index (χ0) is 14.0. The molecule has 0 bridgehead atoms. The van der Waals surface area contributed by atoms with Crippen molar-refractivity contribution in [3.63, 3.8) is 0 Å². The van der Waals surface area contributed by atoms with Gasteiger partial charge in [-0.1, -0.05) is 30.0 Å². The molecule has 1 aliphatic rings. The minimum atomic E-state index is -0.301. The molecule has 1 aliphatic heterocycles. The van der Waals surface area contributed by atoms with Crippen LogP contribution in [0.2, 0.25) is 0 Å². The molecule has 2 N–H and O–H groups in total. The van der Waals surface area contributed by atoms with Crippen molar-refractivity contribution in [2.45, 2.75) is 0 Å². The van der Waals surface area contributed by atoms with Gasteiger partial charge < -0.3 is 9.47 Å². The van der Waals surface area contributed by atoms with Gasteiger partial charge in [-0.3, -0.25) is 4.79 Å². The predicted octanol–water partition coefficient (Wildman–Crippen LogP) is 1.78. The molecule has 100 valence electrons. The molecular weight excluding hydrogens is 284 g/mol. The molecule has 1 aromatic carbocycles. The average Bonchev–Trinajstić information content (AvgIpc) is 2.66. The lowest BCUT2D eigenvalue weighted by Crippen LogP contribution is -2.34. The number of hydrazine groups is 1. The molecule has 1 amide bonds. The summed E-state index contributed by atoms with van der Waals surface area (Å²) in [6.07, 6.45) is 1.72. The molecule has 0 unspecified atom stereocenters. The van der Waals surface area contributed by atoms with Crippen LogP contribution in [-0.4, -0.2) is 29.5 Å². The van der Waals surface area contributed by atoms with Gasteiger partial charge in [0.05, 0.1) is 19.1 Å². The largest absolute Gasteiger partial charge is 0.493 e. The van der Waals surface area contributed by atoms with Crippen LogP contribution in [0.4, 0.5) is 0 Å². The van der Waals surface area contributed by atoms with Crippen LogP contribution in [0.15, 0.2) is 23.1 Å². The number of carbonyl (C=O) groups is 1. The third kappa shape index (κ3) is 2.73. The molecule has 1 aromatic rings. The standard InChI is InChI=1S/C12H12N2O3S2/c1-16-8-4-3-7(5-9(8)17-2)6-10-11(15)14(13)12(18)19-10/h3-6H,13H2,1-2H3/b10-6-. The van der Waals surface area contributed by atoms with E-state index in [-0.39, 0.29) is 5.91 Å². The topological polar surface area (TPSA) is 64.8 Å². The van der Waals surface area contributed by atoms with Gasteiger partial charge in [-0.25, -0.2) is 10.9 Å². The third-order valence-corrected chi connectivity index (χ3v) is 3.86. The summed E-state index contributed by atoms with van der Waals surface area (Å²) in [7, 11) is 3.12. The third-order valence-electron chi connectivity index (χ3n) is 2.53. The molecule has 1 heterocycles. The van der Waals surface area contributed by atoms with Gasteiger partial charge in [0.2, 0.25) is 0 Å². The Bertz CT molecular complexity index is 572. The maximum absolute atomic E-state index is 11.8. The fourth-order valence-electron chi connectivity index (χ4n) is 1.57. The van der Waals surface area contributed by atoms with Crippen LogP contribution in [-0.2, 0) is 4.79 Å². The molecule has 0 radical (unpaired) electrons. The lowest BCUT2D eigenvalue weighted by atomic mass is 10.2. The van der Waals surface area contributed by atoms with Crippen LogP contribution in [0.1, 0.15) is 5.56 Å². The fraction of sp³-hybridized carbons (Fsp3) is 0.167. The van der Waals surface area contributed by atoms with E-state index in [0.717, 1.165) is 10.6 Å². The quantitative estimate of drug-likeness (QED) is 0.397. The van der Waals surface area contributed by atoms with E-state index in [1.165, 1.54) is 11.8 Å². The molecule has 5 nitrogen and oxygen atoms in total. The number of hydrogen-bond donors (Lipinski definition) is 1. The van der Waals surface area contributed by atoms with Crippen LogP contribution in [0.25, 0.3) is 6.08 Å². The first kappa shape index (κ1) is 13.9. The first-order chi connectivity index (χ1) is 9.06. The van der Waals surface area contributed by atoms with E-state index in [1.807, 2.05) is 6.07 Å². The minimum Gasteiger partial charge on any atom is -0.493 e. The van der Waals surface area contributed by atoms with E-state index in [4.69, 9.17) is 27.5 Å². The smallest absolute Gasteiger partial charge is 0.280 e. The second-order valence-corrected chi connectivity index (χ2v) is 5.34. The summed E-state index contributed by atoms with van der Waals surface area (Å²) >= 11 is 6.13. The van der Waals surface area contributed by atoms with Crippen LogP contribution in [0.5, 0.6) is 11.5 Å². The Kier molecular flexibility index (Phi) is 4.08. The van der Waals surface area contributed by atoms with Crippen molar-refractivity contribution in [1.82, 2.24) is 5.01 Å². The molecular formula is C12H12N2O3S2. The number of hydrogen-bond acceptors (Lipinski definition) is 6. The van der Waals surface area contributed by atoms with Crippen molar-refractivity contribution < 1.29 is 14.3 Å². The zero-order valence-electron chi connectivity index (χ0n) is 10.4. The van der Waals surface area contributed by atoms with Crippen molar-refractivity contribution in [3.05, 3.63) is 28.7 Å². The summed E-state index contributed by atoms with van der Waals surface area (Å²) in [4.78, 5) is 12.3. The molecule has 0 aromatic heterocycles. The second-order valence-electron chi connectivity index (χ2n) is 3.67. The highest BCUT2D eigenvalue weighted by molar-refractivity contribution is 8.26. The summed E-state index contributed by atoms with van der Waals surface area (Å²) < 4.78 is 10.7. The lowest BCUT2D eigenvalue weighted by molar-refractivity contribution is -0.122. The van der Waals surface area contributed by atoms with Gasteiger partial charge in [0.1, 0.15) is 0 Å². The molecule has 0 aliphatic carbocycles. The SMILES string of the molecule is COc1ccc(/C=C2\SC(=S)N(N)C2=O)cc1OC. The number of benzene rings is 1. The lowest BCUT2D eigenvalue weighted by Gasteiger charge is -2.07. The van der Waals surface area contributed by atoms with Crippen molar-refractivity contribution in [1.29, 1.82) is 0 Å². The summed E-state index contributed by atoms with van der Waals surface area (Å²) in [6.45, 7) is 0. The van der Waals surface area contributed by atoms with Gasteiger partial charge in [-0.2, -0.15) is 0 Å². The second kappa shape index (κ2) is 5.60. The van der Waals surface area contributed by atoms with Crippen LogP contribution >= 0.6 is 24.0 Å². The molecule has 7 heteroatoms. The number of nitrogens with two attached hydrogens (primary N) is 1. The first-order valence-electron chi connectivity index (χ1n) is 5.31. The Labute approximate surface area is 120 Å². The van der Waals surface area contributed by atoms with Gasteiger partial charge in [-0.15, -0.1) is 0 Å². The van der Waals surface area contributed by atoms with Gasteiger partial charge in [-0.05, 0) is 23.8 Å². The zero-order valence-corrected chi connectivity index (χ0v) is 12.0. The van der Waals surface area contributed by atoms with E-state index in [1.54, 1.807) is 32.4 Å². The Balaban J connectivity index is 2.34. The first-order valence-corrected chi connectivity index (χ1v) is 6.54. The highest BCUT2D eigenvalue weighted by Gasteiger charge is 2.29. The Morgan fingerprint density at radius 2 is 2.00 bits per heavy atom. The monoisotopic (exact) mass is 296 g/mol. The van der Waals surface area contributed by atoms with Gasteiger partial charge in [0.15, 0.2) is 15.8 Å². The number of methoxy groups -OCH3 is 2. The van der Waals surface area contributed by atoms with Gasteiger partial charge in [0.25, 0.3) is 5.91 Å². The van der Waals surface area contributed by atoms with E-state index in [2.05, 4.69) is 0 Å². The maximum Gasteiger partial charge on any atom is 0.280 e. The van der Waals surface area contributed by atoms with Crippen LogP contribution < -0.4 is 15.3 Å². The Morgan fingerprint density at radius 1 is 1.32 bits per heavy atom. The Morgan fingerprint density at radius 3 is 2.53 bits per heavy atom.